The molecule has 0 heterocycles. The van der Waals surface area contributed by atoms with Crippen molar-refractivity contribution in [3.05, 3.63) is 40.4 Å². The van der Waals surface area contributed by atoms with Crippen molar-refractivity contribution >= 4 is 29.6 Å². The summed E-state index contributed by atoms with van der Waals surface area (Å²) in [6.07, 6.45) is 1.49. The van der Waals surface area contributed by atoms with Gasteiger partial charge >= 0.3 is 5.97 Å². The summed E-state index contributed by atoms with van der Waals surface area (Å²) < 4.78 is 0. The lowest BCUT2D eigenvalue weighted by atomic mass is 10.1. The molecule has 4 nitrogen and oxygen atoms in total. The fourth-order valence-corrected chi connectivity index (χ4v) is 1.29. The van der Waals surface area contributed by atoms with E-state index in [1.807, 2.05) is 0 Å². The van der Waals surface area contributed by atoms with E-state index in [9.17, 15) is 9.59 Å². The van der Waals surface area contributed by atoms with Gasteiger partial charge in [-0.05, 0) is 23.8 Å². The van der Waals surface area contributed by atoms with Crippen LogP contribution in [0.3, 0.4) is 0 Å². The van der Waals surface area contributed by atoms with Gasteiger partial charge < -0.3 is 10.4 Å². The summed E-state index contributed by atoms with van der Waals surface area (Å²) in [5.41, 5.74) is 0.833. The van der Waals surface area contributed by atoms with Gasteiger partial charge in [-0.1, -0.05) is 23.7 Å². The highest BCUT2D eigenvalue weighted by molar-refractivity contribution is 6.30. The second kappa shape index (κ2) is 6.06. The Balaban J connectivity index is 2.86. The van der Waals surface area contributed by atoms with Gasteiger partial charge in [0.2, 0.25) is 5.91 Å². The molecule has 1 aromatic carbocycles. The normalized spacial score (nSPS) is 11.1. The molecule has 0 bridgehead atoms. The molecule has 0 aliphatic carbocycles. The van der Waals surface area contributed by atoms with Gasteiger partial charge in [0, 0.05) is 18.5 Å². The van der Waals surface area contributed by atoms with Crippen LogP contribution in [0.25, 0.3) is 6.08 Å². The molecule has 1 amide bonds. The zero-order chi connectivity index (χ0) is 12.8. The molecule has 0 aliphatic rings. The summed E-state index contributed by atoms with van der Waals surface area (Å²) in [4.78, 5) is 21.7. The largest absolute Gasteiger partial charge is 0.478 e. The SMILES string of the molecule is CC(=O)NC/C(=C\c1ccc(Cl)cc1)C(=O)O. The Hall–Kier alpha value is -1.81. The second-order valence-corrected chi connectivity index (χ2v) is 3.87. The van der Waals surface area contributed by atoms with Gasteiger partial charge in [-0.25, -0.2) is 4.79 Å². The molecule has 90 valence electrons. The highest BCUT2D eigenvalue weighted by Crippen LogP contribution is 2.12. The zero-order valence-corrected chi connectivity index (χ0v) is 9.99. The third-order valence-corrected chi connectivity index (χ3v) is 2.27. The highest BCUT2D eigenvalue weighted by atomic mass is 35.5. The topological polar surface area (TPSA) is 66.4 Å². The van der Waals surface area contributed by atoms with E-state index < -0.39 is 5.97 Å². The molecule has 0 atom stereocenters. The Morgan fingerprint density at radius 1 is 1.35 bits per heavy atom. The summed E-state index contributed by atoms with van der Waals surface area (Å²) in [6.45, 7) is 1.33. The third-order valence-electron chi connectivity index (χ3n) is 2.01. The van der Waals surface area contributed by atoms with Crippen LogP contribution < -0.4 is 5.32 Å². The number of carbonyl (C=O) groups is 2. The molecule has 0 fully saturated rings. The van der Waals surface area contributed by atoms with Crippen molar-refractivity contribution in [3.63, 3.8) is 0 Å². The first-order valence-corrected chi connectivity index (χ1v) is 5.30. The minimum absolute atomic E-state index is 0.00665. The summed E-state index contributed by atoms with van der Waals surface area (Å²) in [5, 5.41) is 12.0. The van der Waals surface area contributed by atoms with Gasteiger partial charge in [0.15, 0.2) is 0 Å². The summed E-state index contributed by atoms with van der Waals surface area (Å²) in [6, 6.07) is 6.76. The minimum atomic E-state index is -1.06. The first kappa shape index (κ1) is 13.3. The smallest absolute Gasteiger partial charge is 0.333 e. The minimum Gasteiger partial charge on any atom is -0.478 e. The number of carboxylic acid groups (broad SMARTS) is 1. The van der Waals surface area contributed by atoms with Gasteiger partial charge in [0.25, 0.3) is 0 Å². The maximum Gasteiger partial charge on any atom is 0.333 e. The average molecular weight is 254 g/mol. The van der Waals surface area contributed by atoms with Crippen LogP contribution in [0, 0.1) is 0 Å². The maximum atomic E-state index is 10.9. The molecule has 17 heavy (non-hydrogen) atoms. The molecular weight excluding hydrogens is 242 g/mol. The summed E-state index contributed by atoms with van der Waals surface area (Å²) in [5.74, 6) is -1.33. The quantitative estimate of drug-likeness (QED) is 0.806. The molecule has 2 N–H and O–H groups in total. The number of hydrogen-bond donors (Lipinski definition) is 2. The first-order valence-electron chi connectivity index (χ1n) is 4.93. The van der Waals surface area contributed by atoms with Crippen LogP contribution in [0.2, 0.25) is 5.02 Å². The lowest BCUT2D eigenvalue weighted by Crippen LogP contribution is -2.25. The number of rotatable bonds is 4. The lowest BCUT2D eigenvalue weighted by molar-refractivity contribution is -0.132. The van der Waals surface area contributed by atoms with E-state index >= 15 is 0 Å². The van der Waals surface area contributed by atoms with Gasteiger partial charge in [0.05, 0.1) is 5.57 Å². The maximum absolute atomic E-state index is 10.9. The Morgan fingerprint density at radius 2 is 1.94 bits per heavy atom. The van der Waals surface area contributed by atoms with Gasteiger partial charge in [-0.15, -0.1) is 0 Å². The molecule has 5 heteroatoms. The number of halogens is 1. The van der Waals surface area contributed by atoms with Crippen molar-refractivity contribution in [1.82, 2.24) is 5.32 Å². The standard InChI is InChI=1S/C12H12ClNO3/c1-8(15)14-7-10(12(16)17)6-9-2-4-11(13)5-3-9/h2-6H,7H2,1H3,(H,14,15)(H,16,17)/b10-6+. The monoisotopic (exact) mass is 253 g/mol. The summed E-state index contributed by atoms with van der Waals surface area (Å²) in [7, 11) is 0. The molecular formula is C12H12ClNO3. The van der Waals surface area contributed by atoms with E-state index in [1.165, 1.54) is 13.0 Å². The van der Waals surface area contributed by atoms with Crippen LogP contribution in [-0.4, -0.2) is 23.5 Å². The van der Waals surface area contributed by atoms with E-state index in [2.05, 4.69) is 5.32 Å². The number of benzene rings is 1. The van der Waals surface area contributed by atoms with Crippen LogP contribution in [-0.2, 0) is 9.59 Å². The number of aliphatic carboxylic acids is 1. The van der Waals surface area contributed by atoms with Gasteiger partial charge in [-0.3, -0.25) is 4.79 Å². The highest BCUT2D eigenvalue weighted by Gasteiger charge is 2.07. The van der Waals surface area contributed by atoms with Crippen LogP contribution in [0.15, 0.2) is 29.8 Å². The van der Waals surface area contributed by atoms with Crippen LogP contribution >= 0.6 is 11.6 Å². The zero-order valence-electron chi connectivity index (χ0n) is 9.24. The van der Waals surface area contributed by atoms with E-state index in [4.69, 9.17) is 16.7 Å². The van der Waals surface area contributed by atoms with E-state index in [0.717, 1.165) is 5.56 Å². The molecule has 0 radical (unpaired) electrons. The fraction of sp³-hybridized carbons (Fsp3) is 0.167. The van der Waals surface area contributed by atoms with E-state index in [1.54, 1.807) is 24.3 Å². The van der Waals surface area contributed by atoms with Crippen LogP contribution in [0.5, 0.6) is 0 Å². The van der Waals surface area contributed by atoms with Crippen LogP contribution in [0.1, 0.15) is 12.5 Å². The number of hydrogen-bond acceptors (Lipinski definition) is 2. The molecule has 0 saturated heterocycles. The van der Waals surface area contributed by atoms with Crippen molar-refractivity contribution in [2.24, 2.45) is 0 Å². The molecule has 0 aliphatic heterocycles. The van der Waals surface area contributed by atoms with Crippen molar-refractivity contribution in [3.8, 4) is 0 Å². The Labute approximate surface area is 104 Å². The molecule has 0 saturated carbocycles. The van der Waals surface area contributed by atoms with Crippen molar-refractivity contribution in [1.29, 1.82) is 0 Å². The van der Waals surface area contributed by atoms with Crippen molar-refractivity contribution in [2.45, 2.75) is 6.92 Å². The number of carboxylic acids is 1. The van der Waals surface area contributed by atoms with Gasteiger partial charge in [-0.2, -0.15) is 0 Å². The molecule has 1 rings (SSSR count). The average Bonchev–Trinajstić information content (AvgIpc) is 2.26. The number of amides is 1. The number of carbonyl (C=O) groups excluding carboxylic acids is 1. The molecule has 1 aromatic rings. The Bertz CT molecular complexity index is 451. The van der Waals surface area contributed by atoms with Crippen molar-refractivity contribution < 1.29 is 14.7 Å². The second-order valence-electron chi connectivity index (χ2n) is 3.44. The Kier molecular flexibility index (Phi) is 4.72. The van der Waals surface area contributed by atoms with E-state index in [-0.39, 0.29) is 18.0 Å². The third kappa shape index (κ3) is 4.70. The summed E-state index contributed by atoms with van der Waals surface area (Å²) >= 11 is 5.72. The van der Waals surface area contributed by atoms with Crippen LogP contribution in [0.4, 0.5) is 0 Å². The predicted molar refractivity (Wildman–Crippen MR) is 65.7 cm³/mol. The number of nitrogens with one attached hydrogen (secondary N) is 1. The Morgan fingerprint density at radius 3 is 2.41 bits per heavy atom. The van der Waals surface area contributed by atoms with Crippen molar-refractivity contribution in [2.75, 3.05) is 6.54 Å². The molecule has 0 unspecified atom stereocenters. The van der Waals surface area contributed by atoms with E-state index in [0.29, 0.717) is 5.02 Å². The predicted octanol–water partition coefficient (Wildman–Crippen LogP) is 1.94. The van der Waals surface area contributed by atoms with Gasteiger partial charge in [0.1, 0.15) is 0 Å². The lowest BCUT2D eigenvalue weighted by Gasteiger charge is -2.03. The molecule has 0 aromatic heterocycles. The fourth-order valence-electron chi connectivity index (χ4n) is 1.17. The molecule has 0 spiro atoms. The first-order chi connectivity index (χ1) is 7.99.